The zero-order valence-electron chi connectivity index (χ0n) is 19.1. The lowest BCUT2D eigenvalue weighted by atomic mass is 9.71. The van der Waals surface area contributed by atoms with Gasteiger partial charge in [0.1, 0.15) is 5.82 Å². The largest absolute Gasteiger partial charge is 0.362 e. The Balaban J connectivity index is 1.56. The number of benzene rings is 3. The van der Waals surface area contributed by atoms with Crippen molar-refractivity contribution >= 4 is 29.0 Å². The summed E-state index contributed by atoms with van der Waals surface area (Å²) < 4.78 is 13.4. The Morgan fingerprint density at radius 1 is 0.971 bits per heavy atom. The highest BCUT2D eigenvalue weighted by Gasteiger charge is 2.40. The molecule has 3 aromatic carbocycles. The van der Waals surface area contributed by atoms with Gasteiger partial charge in [0.2, 0.25) is 0 Å². The molecule has 0 bridgehead atoms. The van der Waals surface area contributed by atoms with E-state index < -0.39 is 5.92 Å². The van der Waals surface area contributed by atoms with Gasteiger partial charge in [-0.15, -0.1) is 0 Å². The van der Waals surface area contributed by atoms with Crippen molar-refractivity contribution in [2.24, 2.45) is 0 Å². The molecule has 0 radical (unpaired) electrons. The van der Waals surface area contributed by atoms with Crippen molar-refractivity contribution in [2.45, 2.75) is 31.6 Å². The Hall–Kier alpha value is -3.70. The molecule has 176 valence electrons. The molecule has 1 amide bonds. The second-order valence-electron chi connectivity index (χ2n) is 8.94. The topological polar surface area (TPSA) is 58.2 Å². The van der Waals surface area contributed by atoms with Crippen molar-refractivity contribution in [2.75, 3.05) is 5.32 Å². The first kappa shape index (κ1) is 23.1. The van der Waals surface area contributed by atoms with Gasteiger partial charge in [-0.05, 0) is 66.8 Å². The molecular formula is C29H24ClFN2O2. The molecule has 0 saturated carbocycles. The number of carbonyl (C=O) groups excluding carboxylic acids is 2. The number of carbonyl (C=O) groups is 2. The van der Waals surface area contributed by atoms with Crippen LogP contribution in [0.3, 0.4) is 0 Å². The van der Waals surface area contributed by atoms with Gasteiger partial charge in [-0.2, -0.15) is 0 Å². The average Bonchev–Trinajstić information content (AvgIpc) is 2.85. The van der Waals surface area contributed by atoms with Crippen molar-refractivity contribution in [3.8, 4) is 0 Å². The molecule has 1 aliphatic heterocycles. The van der Waals surface area contributed by atoms with Crippen LogP contribution in [0.2, 0.25) is 5.02 Å². The third kappa shape index (κ3) is 4.64. The van der Waals surface area contributed by atoms with Gasteiger partial charge < -0.3 is 10.6 Å². The minimum absolute atomic E-state index is 0.0113. The van der Waals surface area contributed by atoms with Gasteiger partial charge in [-0.3, -0.25) is 9.59 Å². The number of rotatable bonds is 4. The van der Waals surface area contributed by atoms with E-state index in [-0.39, 0.29) is 23.4 Å². The molecule has 2 aliphatic rings. The lowest BCUT2D eigenvalue weighted by molar-refractivity contribution is -0.116. The van der Waals surface area contributed by atoms with Crippen LogP contribution in [-0.4, -0.2) is 11.7 Å². The van der Waals surface area contributed by atoms with Crippen molar-refractivity contribution in [1.82, 2.24) is 5.32 Å². The number of anilines is 1. The van der Waals surface area contributed by atoms with Crippen LogP contribution in [0.15, 0.2) is 101 Å². The number of allylic oxidation sites excluding steroid dienone is 3. The van der Waals surface area contributed by atoms with E-state index in [0.717, 1.165) is 16.8 Å². The fourth-order valence-electron chi connectivity index (χ4n) is 5.05. The van der Waals surface area contributed by atoms with Crippen LogP contribution in [0.5, 0.6) is 0 Å². The zero-order chi connectivity index (χ0) is 24.5. The Bertz CT molecular complexity index is 1360. The quantitative estimate of drug-likeness (QED) is 0.443. The molecule has 35 heavy (non-hydrogen) atoms. The predicted octanol–water partition coefficient (Wildman–Crippen LogP) is 6.48. The monoisotopic (exact) mass is 486 g/mol. The summed E-state index contributed by atoms with van der Waals surface area (Å²) in [6.07, 6.45) is 1.04. The van der Waals surface area contributed by atoms with E-state index in [9.17, 15) is 14.0 Å². The summed E-state index contributed by atoms with van der Waals surface area (Å²) in [5, 5.41) is 6.76. The van der Waals surface area contributed by atoms with Crippen molar-refractivity contribution in [3.63, 3.8) is 0 Å². The van der Waals surface area contributed by atoms with Gasteiger partial charge >= 0.3 is 0 Å². The summed E-state index contributed by atoms with van der Waals surface area (Å²) in [7, 11) is 0. The van der Waals surface area contributed by atoms with Crippen LogP contribution in [-0.2, 0) is 9.59 Å². The standard InChI is InChI=1S/C29H24ClFN2O2/c1-17-26(29(35)33-23-12-10-22(31)11-13-23)27(19-8-5-9-21(30)14-19)28-24(32-17)15-20(16-25(28)34)18-6-3-2-4-7-18/h2-14,20,27,32H,15-16H2,1H3,(H,33,35)/t20-,27+/m1/s1. The molecule has 0 aromatic heterocycles. The molecule has 5 rings (SSSR count). The Labute approximate surface area is 208 Å². The number of dihydropyridines is 1. The number of Topliss-reactive ketones (excluding diaryl/α,β-unsaturated/α-hetero) is 1. The molecule has 0 fully saturated rings. The molecule has 2 atom stereocenters. The normalized spacial score (nSPS) is 19.8. The summed E-state index contributed by atoms with van der Waals surface area (Å²) in [6, 6.07) is 22.9. The van der Waals surface area contributed by atoms with Gasteiger partial charge in [0, 0.05) is 45.6 Å². The van der Waals surface area contributed by atoms with E-state index >= 15 is 0 Å². The van der Waals surface area contributed by atoms with E-state index in [1.165, 1.54) is 24.3 Å². The summed E-state index contributed by atoms with van der Waals surface area (Å²) in [5.74, 6) is -1.22. The van der Waals surface area contributed by atoms with Gasteiger partial charge in [-0.25, -0.2) is 4.39 Å². The number of ketones is 1. The van der Waals surface area contributed by atoms with E-state index in [0.29, 0.717) is 40.4 Å². The van der Waals surface area contributed by atoms with Crippen LogP contribution in [0.1, 0.15) is 42.7 Å². The predicted molar refractivity (Wildman–Crippen MR) is 136 cm³/mol. The molecule has 4 nitrogen and oxygen atoms in total. The van der Waals surface area contributed by atoms with Crippen LogP contribution in [0.25, 0.3) is 0 Å². The molecule has 6 heteroatoms. The third-order valence-electron chi connectivity index (χ3n) is 6.63. The fourth-order valence-corrected chi connectivity index (χ4v) is 5.25. The molecule has 3 aromatic rings. The molecule has 1 heterocycles. The third-order valence-corrected chi connectivity index (χ3v) is 6.86. The Morgan fingerprint density at radius 2 is 1.69 bits per heavy atom. The van der Waals surface area contributed by atoms with Crippen LogP contribution in [0, 0.1) is 5.82 Å². The highest BCUT2D eigenvalue weighted by atomic mass is 35.5. The second-order valence-corrected chi connectivity index (χ2v) is 9.38. The minimum atomic E-state index is -0.561. The minimum Gasteiger partial charge on any atom is -0.362 e. The SMILES string of the molecule is CC1=C(C(=O)Nc2ccc(F)cc2)[C@H](c2cccc(Cl)c2)C2=C(C[C@@H](c3ccccc3)CC2=O)N1. The lowest BCUT2D eigenvalue weighted by Crippen LogP contribution is -2.37. The average molecular weight is 487 g/mol. The van der Waals surface area contributed by atoms with E-state index in [1.54, 1.807) is 12.1 Å². The van der Waals surface area contributed by atoms with Crippen LogP contribution < -0.4 is 10.6 Å². The molecule has 0 unspecified atom stereocenters. The number of nitrogens with one attached hydrogen (secondary N) is 2. The smallest absolute Gasteiger partial charge is 0.254 e. The first-order valence-electron chi connectivity index (χ1n) is 11.5. The highest BCUT2D eigenvalue weighted by Crippen LogP contribution is 2.46. The van der Waals surface area contributed by atoms with E-state index in [4.69, 9.17) is 11.6 Å². The van der Waals surface area contributed by atoms with E-state index in [1.807, 2.05) is 49.4 Å². The summed E-state index contributed by atoms with van der Waals surface area (Å²) in [6.45, 7) is 1.84. The maximum Gasteiger partial charge on any atom is 0.254 e. The summed E-state index contributed by atoms with van der Waals surface area (Å²) in [4.78, 5) is 27.2. The van der Waals surface area contributed by atoms with Crippen molar-refractivity contribution < 1.29 is 14.0 Å². The molecule has 0 spiro atoms. The molecular weight excluding hydrogens is 463 g/mol. The van der Waals surface area contributed by atoms with Crippen molar-refractivity contribution in [1.29, 1.82) is 0 Å². The van der Waals surface area contributed by atoms with Gasteiger partial charge in [-0.1, -0.05) is 54.1 Å². The number of halogens is 2. The summed E-state index contributed by atoms with van der Waals surface area (Å²) >= 11 is 6.32. The Kier molecular flexibility index (Phi) is 6.27. The first-order valence-corrected chi connectivity index (χ1v) is 11.9. The number of amides is 1. The number of hydrogen-bond donors (Lipinski definition) is 2. The highest BCUT2D eigenvalue weighted by molar-refractivity contribution is 6.30. The molecule has 2 N–H and O–H groups in total. The molecule has 1 aliphatic carbocycles. The van der Waals surface area contributed by atoms with Crippen LogP contribution in [0.4, 0.5) is 10.1 Å². The second kappa shape index (κ2) is 9.51. The first-order chi connectivity index (χ1) is 16.9. The lowest BCUT2D eigenvalue weighted by Gasteiger charge is -2.37. The van der Waals surface area contributed by atoms with E-state index in [2.05, 4.69) is 10.6 Å². The fraction of sp³-hybridized carbons (Fsp3) is 0.172. The molecule has 0 saturated heterocycles. The summed E-state index contributed by atoms with van der Waals surface area (Å²) in [5.41, 5.74) is 4.94. The van der Waals surface area contributed by atoms with Gasteiger partial charge in [0.05, 0.1) is 0 Å². The van der Waals surface area contributed by atoms with Crippen LogP contribution >= 0.6 is 11.6 Å². The zero-order valence-corrected chi connectivity index (χ0v) is 19.9. The maximum atomic E-state index is 13.6. The van der Waals surface area contributed by atoms with Crippen molar-refractivity contribution in [3.05, 3.63) is 123 Å². The maximum absolute atomic E-state index is 13.6. The van der Waals surface area contributed by atoms with Gasteiger partial charge in [0.25, 0.3) is 5.91 Å². The Morgan fingerprint density at radius 3 is 2.40 bits per heavy atom. The number of hydrogen-bond acceptors (Lipinski definition) is 3. The van der Waals surface area contributed by atoms with Gasteiger partial charge in [0.15, 0.2) is 5.78 Å².